The molecule has 0 aromatic rings. The molecular weight excluding hydrogens is 150 g/mol. The Morgan fingerprint density at radius 3 is 2.50 bits per heavy atom. The van der Waals surface area contributed by atoms with E-state index in [1.165, 1.54) is 13.0 Å². The maximum Gasteiger partial charge on any atom is 0.0714 e. The SMILES string of the molecule is CCO[C@H]1CCN(C(C)(C)C)C1. The molecule has 12 heavy (non-hydrogen) atoms. The molecule has 0 saturated carbocycles. The van der Waals surface area contributed by atoms with Crippen molar-refractivity contribution in [2.75, 3.05) is 19.7 Å². The van der Waals surface area contributed by atoms with Crippen LogP contribution in [0.1, 0.15) is 34.1 Å². The predicted molar refractivity (Wildman–Crippen MR) is 51.4 cm³/mol. The number of likely N-dealkylation sites (tertiary alicyclic amines) is 1. The molecule has 0 spiro atoms. The van der Waals surface area contributed by atoms with Gasteiger partial charge in [0.1, 0.15) is 0 Å². The summed E-state index contributed by atoms with van der Waals surface area (Å²) in [6.07, 6.45) is 1.68. The maximum atomic E-state index is 5.59. The van der Waals surface area contributed by atoms with Crippen molar-refractivity contribution in [1.29, 1.82) is 0 Å². The van der Waals surface area contributed by atoms with Gasteiger partial charge in [0, 0.05) is 25.2 Å². The van der Waals surface area contributed by atoms with Crippen molar-refractivity contribution < 1.29 is 4.74 Å². The molecule has 1 aliphatic rings. The molecule has 0 bridgehead atoms. The van der Waals surface area contributed by atoms with Gasteiger partial charge < -0.3 is 4.74 Å². The second kappa shape index (κ2) is 3.75. The monoisotopic (exact) mass is 171 g/mol. The Balaban J connectivity index is 2.35. The summed E-state index contributed by atoms with van der Waals surface area (Å²) in [7, 11) is 0. The summed E-state index contributed by atoms with van der Waals surface area (Å²) in [6, 6.07) is 0. The quantitative estimate of drug-likeness (QED) is 0.629. The zero-order valence-corrected chi connectivity index (χ0v) is 8.76. The third-order valence-corrected chi connectivity index (χ3v) is 2.50. The van der Waals surface area contributed by atoms with E-state index in [1.54, 1.807) is 0 Å². The van der Waals surface area contributed by atoms with E-state index in [2.05, 4.69) is 32.6 Å². The molecule has 0 unspecified atom stereocenters. The lowest BCUT2D eigenvalue weighted by molar-refractivity contribution is 0.0575. The lowest BCUT2D eigenvalue weighted by Crippen LogP contribution is -2.40. The molecule has 1 rings (SSSR count). The highest BCUT2D eigenvalue weighted by Gasteiger charge is 2.30. The van der Waals surface area contributed by atoms with E-state index >= 15 is 0 Å². The first-order chi connectivity index (χ1) is 5.54. The van der Waals surface area contributed by atoms with Gasteiger partial charge in [-0.1, -0.05) is 0 Å². The summed E-state index contributed by atoms with van der Waals surface area (Å²) in [4.78, 5) is 2.49. The summed E-state index contributed by atoms with van der Waals surface area (Å²) in [5, 5.41) is 0. The molecule has 0 aromatic carbocycles. The summed E-state index contributed by atoms with van der Waals surface area (Å²) in [5.41, 5.74) is 0.311. The minimum atomic E-state index is 0.311. The van der Waals surface area contributed by atoms with Crippen LogP contribution in [0, 0.1) is 0 Å². The molecule has 0 aliphatic carbocycles. The van der Waals surface area contributed by atoms with Crippen LogP contribution in [0.15, 0.2) is 0 Å². The van der Waals surface area contributed by atoms with Gasteiger partial charge >= 0.3 is 0 Å². The van der Waals surface area contributed by atoms with Crippen LogP contribution in [0.5, 0.6) is 0 Å². The zero-order chi connectivity index (χ0) is 9.19. The van der Waals surface area contributed by atoms with Crippen LogP contribution in [0.2, 0.25) is 0 Å². The maximum absolute atomic E-state index is 5.59. The van der Waals surface area contributed by atoms with Crippen molar-refractivity contribution in [2.45, 2.75) is 45.8 Å². The van der Waals surface area contributed by atoms with Crippen molar-refractivity contribution in [3.05, 3.63) is 0 Å². The van der Waals surface area contributed by atoms with Gasteiger partial charge in [0.15, 0.2) is 0 Å². The van der Waals surface area contributed by atoms with Crippen LogP contribution in [0.3, 0.4) is 0 Å². The number of ether oxygens (including phenoxy) is 1. The van der Waals surface area contributed by atoms with Gasteiger partial charge in [-0.05, 0) is 34.1 Å². The third-order valence-electron chi connectivity index (χ3n) is 2.50. The molecule has 0 radical (unpaired) electrons. The smallest absolute Gasteiger partial charge is 0.0714 e. The average Bonchev–Trinajstić information content (AvgIpc) is 2.35. The van der Waals surface area contributed by atoms with Gasteiger partial charge in [0.05, 0.1) is 6.10 Å². The van der Waals surface area contributed by atoms with Crippen molar-refractivity contribution in [1.82, 2.24) is 4.90 Å². The van der Waals surface area contributed by atoms with Crippen LogP contribution in [-0.2, 0) is 4.74 Å². The van der Waals surface area contributed by atoms with Crippen molar-refractivity contribution in [2.24, 2.45) is 0 Å². The Bertz CT molecular complexity index is 139. The molecular formula is C10H21NO. The topological polar surface area (TPSA) is 12.5 Å². The second-order valence-corrected chi connectivity index (χ2v) is 4.48. The first-order valence-electron chi connectivity index (χ1n) is 4.90. The molecule has 0 amide bonds. The molecule has 1 heterocycles. The first-order valence-corrected chi connectivity index (χ1v) is 4.90. The molecule has 1 aliphatic heterocycles. The Morgan fingerprint density at radius 2 is 2.08 bits per heavy atom. The molecule has 0 aromatic heterocycles. The van der Waals surface area contributed by atoms with Crippen LogP contribution < -0.4 is 0 Å². The van der Waals surface area contributed by atoms with Crippen molar-refractivity contribution >= 4 is 0 Å². The largest absolute Gasteiger partial charge is 0.377 e. The molecule has 2 heteroatoms. The van der Waals surface area contributed by atoms with Crippen LogP contribution in [-0.4, -0.2) is 36.2 Å². The molecule has 1 atom stereocenters. The van der Waals surface area contributed by atoms with Crippen molar-refractivity contribution in [3.63, 3.8) is 0 Å². The Kier molecular flexibility index (Phi) is 3.13. The van der Waals surface area contributed by atoms with E-state index < -0.39 is 0 Å². The van der Waals surface area contributed by atoms with Gasteiger partial charge in [-0.25, -0.2) is 0 Å². The average molecular weight is 171 g/mol. The van der Waals surface area contributed by atoms with E-state index in [-0.39, 0.29) is 0 Å². The normalized spacial score (nSPS) is 26.5. The van der Waals surface area contributed by atoms with Crippen molar-refractivity contribution in [3.8, 4) is 0 Å². The lowest BCUT2D eigenvalue weighted by Gasteiger charge is -2.31. The van der Waals surface area contributed by atoms with Gasteiger partial charge in [-0.2, -0.15) is 0 Å². The van der Waals surface area contributed by atoms with E-state index in [4.69, 9.17) is 4.74 Å². The fourth-order valence-corrected chi connectivity index (χ4v) is 1.71. The number of hydrogen-bond donors (Lipinski definition) is 0. The molecule has 2 nitrogen and oxygen atoms in total. The Hall–Kier alpha value is -0.0800. The van der Waals surface area contributed by atoms with Gasteiger partial charge in [-0.15, -0.1) is 0 Å². The van der Waals surface area contributed by atoms with Gasteiger partial charge in [0.2, 0.25) is 0 Å². The van der Waals surface area contributed by atoms with Crippen LogP contribution in [0.4, 0.5) is 0 Å². The summed E-state index contributed by atoms with van der Waals surface area (Å²) in [6.45, 7) is 12.0. The van der Waals surface area contributed by atoms with E-state index in [0.717, 1.165) is 13.2 Å². The summed E-state index contributed by atoms with van der Waals surface area (Å²) >= 11 is 0. The fourth-order valence-electron chi connectivity index (χ4n) is 1.71. The van der Waals surface area contributed by atoms with E-state index in [1.807, 2.05) is 0 Å². The summed E-state index contributed by atoms with van der Waals surface area (Å²) < 4.78 is 5.59. The molecule has 0 N–H and O–H groups in total. The van der Waals surface area contributed by atoms with E-state index in [0.29, 0.717) is 11.6 Å². The fraction of sp³-hybridized carbons (Fsp3) is 1.00. The van der Waals surface area contributed by atoms with Crippen LogP contribution >= 0.6 is 0 Å². The molecule has 1 saturated heterocycles. The van der Waals surface area contributed by atoms with Crippen LogP contribution in [0.25, 0.3) is 0 Å². The Morgan fingerprint density at radius 1 is 1.42 bits per heavy atom. The number of hydrogen-bond acceptors (Lipinski definition) is 2. The highest BCUT2D eigenvalue weighted by atomic mass is 16.5. The Labute approximate surface area is 75.9 Å². The molecule has 72 valence electrons. The third kappa shape index (κ3) is 2.46. The minimum Gasteiger partial charge on any atom is -0.377 e. The predicted octanol–water partition coefficient (Wildman–Crippen LogP) is 1.90. The minimum absolute atomic E-state index is 0.311. The highest BCUT2D eigenvalue weighted by Crippen LogP contribution is 2.21. The van der Waals surface area contributed by atoms with Gasteiger partial charge in [0.25, 0.3) is 0 Å². The second-order valence-electron chi connectivity index (χ2n) is 4.48. The lowest BCUT2D eigenvalue weighted by atomic mass is 10.1. The standard InChI is InChI=1S/C10H21NO/c1-5-12-9-6-7-11(8-9)10(2,3)4/h9H,5-8H2,1-4H3/t9-/m0/s1. The zero-order valence-electron chi connectivity index (χ0n) is 8.76. The number of nitrogens with zero attached hydrogens (tertiary/aromatic N) is 1. The highest BCUT2D eigenvalue weighted by molar-refractivity contribution is 4.85. The summed E-state index contributed by atoms with van der Waals surface area (Å²) in [5.74, 6) is 0. The van der Waals surface area contributed by atoms with E-state index in [9.17, 15) is 0 Å². The molecule has 1 fully saturated rings. The van der Waals surface area contributed by atoms with Gasteiger partial charge in [-0.3, -0.25) is 4.90 Å². The number of rotatable bonds is 2. The first kappa shape index (κ1) is 10.0.